The van der Waals surface area contributed by atoms with Gasteiger partial charge in [0.05, 0.1) is 11.7 Å². The second-order valence-electron chi connectivity index (χ2n) is 17.1. The van der Waals surface area contributed by atoms with E-state index in [0.29, 0.717) is 53.3 Å². The number of piperazine rings is 1. The predicted molar refractivity (Wildman–Crippen MR) is 227 cm³/mol. The summed E-state index contributed by atoms with van der Waals surface area (Å²) in [5.41, 5.74) is 5.99. The van der Waals surface area contributed by atoms with E-state index >= 15 is 4.39 Å². The Labute approximate surface area is 348 Å². The van der Waals surface area contributed by atoms with Crippen LogP contribution in [0, 0.1) is 12.7 Å². The van der Waals surface area contributed by atoms with E-state index < -0.39 is 17.8 Å². The molecule has 5 aromatic rings. The Morgan fingerprint density at radius 3 is 2.45 bits per heavy atom. The van der Waals surface area contributed by atoms with Crippen LogP contribution < -0.4 is 26.2 Å². The molecular weight excluding hydrogens is 764 g/mol. The third-order valence-electron chi connectivity index (χ3n) is 11.8. The predicted octanol–water partition coefficient (Wildman–Crippen LogP) is 6.79. The fraction of sp³-hybridized carbons (Fsp3) is 0.400. The first-order chi connectivity index (χ1) is 28.8. The van der Waals surface area contributed by atoms with Gasteiger partial charge >= 0.3 is 11.8 Å². The summed E-state index contributed by atoms with van der Waals surface area (Å²) in [6.07, 6.45) is 4.54. The Balaban J connectivity index is 0.830. The van der Waals surface area contributed by atoms with Crippen LogP contribution in [0.15, 0.2) is 77.6 Å². The van der Waals surface area contributed by atoms with Crippen LogP contribution in [0.5, 0.6) is 0 Å². The number of nitrogens with zero attached hydrogens (tertiary/aromatic N) is 6. The number of hydrogen-bond acceptors (Lipinski definition) is 12. The summed E-state index contributed by atoms with van der Waals surface area (Å²) < 4.78 is 20.9. The van der Waals surface area contributed by atoms with Gasteiger partial charge in [0.1, 0.15) is 24.0 Å². The Morgan fingerprint density at radius 1 is 0.967 bits per heavy atom. The van der Waals surface area contributed by atoms with Crippen molar-refractivity contribution in [2.75, 3.05) is 41.7 Å². The van der Waals surface area contributed by atoms with Crippen LogP contribution in [-0.2, 0) is 15.0 Å². The van der Waals surface area contributed by atoms with Crippen molar-refractivity contribution in [3.05, 3.63) is 107 Å². The smallest absolute Gasteiger partial charge is 0.315 e. The highest BCUT2D eigenvalue weighted by molar-refractivity contribution is 6.01. The van der Waals surface area contributed by atoms with E-state index in [1.54, 1.807) is 19.1 Å². The first-order valence-corrected chi connectivity index (χ1v) is 20.6. The lowest BCUT2D eigenvalue weighted by atomic mass is 9.75. The van der Waals surface area contributed by atoms with E-state index in [4.69, 9.17) is 4.52 Å². The maximum Gasteiger partial charge on any atom is 0.315 e. The zero-order valence-corrected chi connectivity index (χ0v) is 34.6. The quantitative estimate of drug-likeness (QED) is 0.103. The molecular formula is C45H51FN10O4. The minimum atomic E-state index is -0.528. The van der Waals surface area contributed by atoms with E-state index in [1.165, 1.54) is 18.0 Å². The second-order valence-corrected chi connectivity index (χ2v) is 17.1. The summed E-state index contributed by atoms with van der Waals surface area (Å²) in [7, 11) is 0. The molecule has 2 aliphatic heterocycles. The highest BCUT2D eigenvalue weighted by Gasteiger charge is 2.36. The number of halogens is 1. The monoisotopic (exact) mass is 814 g/mol. The molecule has 0 spiro atoms. The van der Waals surface area contributed by atoms with Gasteiger partial charge in [-0.25, -0.2) is 14.4 Å². The van der Waals surface area contributed by atoms with E-state index in [2.05, 4.69) is 75.4 Å². The standard InChI is InChI=1S/C45H51FN10O4/c1-26-19-35(36(46)23-34(26)27(2)49-42(59)43-53-44(54-60-43)45(3,4)5)38-24-39(48-25-47-38)51-31-7-6-8-32(22-31)55-15-17-56(18-16-55)33-20-29(21-33)28-9-11-30(12-10-28)50-37-13-14-40(57)52-41(37)58/h6-12,19,22-25,27,29,33,37,50H,13-18,20-21H2,1-5H3,(H,49,59)(H,47,48,51)(H,52,57,58)/t27-,29?,33?,37?/m1/s1. The highest BCUT2D eigenvalue weighted by Crippen LogP contribution is 2.41. The lowest BCUT2D eigenvalue weighted by molar-refractivity contribution is -0.133. The van der Waals surface area contributed by atoms with Crippen LogP contribution in [0.4, 0.5) is 27.3 Å². The summed E-state index contributed by atoms with van der Waals surface area (Å²) in [6, 6.07) is 21.2. The van der Waals surface area contributed by atoms with E-state index in [-0.39, 0.29) is 29.2 Å². The maximum atomic E-state index is 15.7. The molecule has 3 fully saturated rings. The Kier molecular flexibility index (Phi) is 11.4. The largest absolute Gasteiger partial charge is 0.374 e. The number of hydrogen-bond donors (Lipinski definition) is 4. The molecule has 3 amide bonds. The molecule has 2 atom stereocenters. The number of rotatable bonds is 11. The molecule has 14 nitrogen and oxygen atoms in total. The molecule has 1 saturated carbocycles. The molecule has 15 heteroatoms. The van der Waals surface area contributed by atoms with E-state index in [9.17, 15) is 14.4 Å². The molecule has 2 saturated heterocycles. The number of amides is 3. The summed E-state index contributed by atoms with van der Waals surface area (Å²) in [6.45, 7) is 13.3. The number of carbonyl (C=O) groups excluding carboxylic acids is 3. The van der Waals surface area contributed by atoms with Crippen molar-refractivity contribution in [2.45, 2.75) is 89.8 Å². The van der Waals surface area contributed by atoms with Crippen molar-refractivity contribution in [2.24, 2.45) is 0 Å². The SMILES string of the molecule is Cc1cc(-c2cc(Nc3cccc(N4CCN(C5CC(c6ccc(NC7CCC(=O)NC7=O)cc6)C5)CC4)c3)ncn2)c(F)cc1[C@@H](C)NC(=O)c1nc(C(C)(C)C)no1. The number of nitrogens with one attached hydrogen (secondary N) is 4. The molecule has 8 rings (SSSR count). The molecule has 1 aliphatic carbocycles. The van der Waals surface area contributed by atoms with Gasteiger partial charge in [-0.05, 0) is 98.2 Å². The molecule has 1 unspecified atom stereocenters. The molecule has 0 radical (unpaired) electrons. The maximum absolute atomic E-state index is 15.7. The molecule has 0 bridgehead atoms. The van der Waals surface area contributed by atoms with Gasteiger partial charge in [-0.2, -0.15) is 4.98 Å². The van der Waals surface area contributed by atoms with Crippen molar-refractivity contribution in [3.63, 3.8) is 0 Å². The van der Waals surface area contributed by atoms with Crippen molar-refractivity contribution in [3.8, 4) is 11.3 Å². The second kappa shape index (κ2) is 16.8. The summed E-state index contributed by atoms with van der Waals surface area (Å²) in [5, 5.41) is 15.8. The van der Waals surface area contributed by atoms with Crippen LogP contribution in [0.25, 0.3) is 11.3 Å². The third kappa shape index (κ3) is 9.00. The highest BCUT2D eigenvalue weighted by atomic mass is 19.1. The average Bonchev–Trinajstić information content (AvgIpc) is 3.72. The van der Waals surface area contributed by atoms with Gasteiger partial charge in [-0.3, -0.25) is 24.6 Å². The molecule has 312 valence electrons. The van der Waals surface area contributed by atoms with Gasteiger partial charge in [0.2, 0.25) is 11.8 Å². The number of anilines is 4. The summed E-state index contributed by atoms with van der Waals surface area (Å²) in [5.74, 6) is -0.117. The Bertz CT molecular complexity index is 2380. The lowest BCUT2D eigenvalue weighted by Gasteiger charge is -2.47. The minimum absolute atomic E-state index is 0.140. The number of piperidine rings is 1. The zero-order chi connectivity index (χ0) is 42.1. The molecule has 4 heterocycles. The first kappa shape index (κ1) is 40.6. The molecule has 4 N–H and O–H groups in total. The molecule has 3 aromatic carbocycles. The topological polar surface area (TPSA) is 171 Å². The van der Waals surface area contributed by atoms with Crippen LogP contribution in [0.2, 0.25) is 0 Å². The first-order valence-electron chi connectivity index (χ1n) is 20.6. The summed E-state index contributed by atoms with van der Waals surface area (Å²) in [4.78, 5) is 54.5. The fourth-order valence-corrected chi connectivity index (χ4v) is 8.20. The average molecular weight is 815 g/mol. The zero-order valence-electron chi connectivity index (χ0n) is 34.6. The number of benzene rings is 3. The molecule has 2 aromatic heterocycles. The van der Waals surface area contributed by atoms with Crippen molar-refractivity contribution < 1.29 is 23.3 Å². The van der Waals surface area contributed by atoms with E-state index in [1.807, 2.05) is 52.0 Å². The van der Waals surface area contributed by atoms with Gasteiger partial charge < -0.3 is 25.4 Å². The van der Waals surface area contributed by atoms with Gasteiger partial charge in [0.25, 0.3) is 0 Å². The van der Waals surface area contributed by atoms with Crippen LogP contribution >= 0.6 is 0 Å². The summed E-state index contributed by atoms with van der Waals surface area (Å²) >= 11 is 0. The van der Waals surface area contributed by atoms with Crippen LogP contribution in [0.3, 0.4) is 0 Å². The van der Waals surface area contributed by atoms with Crippen molar-refractivity contribution >= 4 is 40.6 Å². The number of aromatic nitrogens is 4. The van der Waals surface area contributed by atoms with Crippen LogP contribution in [-0.4, -0.2) is 81.0 Å². The molecule has 60 heavy (non-hydrogen) atoms. The normalized spacial score (nSPS) is 20.2. The minimum Gasteiger partial charge on any atom is -0.374 e. The van der Waals surface area contributed by atoms with Crippen LogP contribution in [0.1, 0.15) is 98.5 Å². The number of imide groups is 1. The van der Waals surface area contributed by atoms with Gasteiger partial charge in [0.15, 0.2) is 5.82 Å². The Hall–Kier alpha value is -6.22. The number of carbonyl (C=O) groups is 3. The number of aryl methyl sites for hydroxylation is 1. The third-order valence-corrected chi connectivity index (χ3v) is 11.8. The van der Waals surface area contributed by atoms with Crippen molar-refractivity contribution in [1.82, 2.24) is 35.6 Å². The van der Waals surface area contributed by atoms with Gasteiger partial charge in [-0.1, -0.05) is 44.1 Å². The van der Waals surface area contributed by atoms with E-state index in [0.717, 1.165) is 61.6 Å². The van der Waals surface area contributed by atoms with Gasteiger partial charge in [-0.15, -0.1) is 0 Å². The van der Waals surface area contributed by atoms with Crippen molar-refractivity contribution in [1.29, 1.82) is 0 Å². The van der Waals surface area contributed by atoms with Gasteiger partial charge in [0, 0.05) is 72.7 Å². The molecule has 3 aliphatic rings. The lowest BCUT2D eigenvalue weighted by Crippen LogP contribution is -2.53. The fourth-order valence-electron chi connectivity index (χ4n) is 8.20. The Morgan fingerprint density at radius 2 is 1.73 bits per heavy atom.